The zero-order valence-electron chi connectivity index (χ0n) is 17.2. The topological polar surface area (TPSA) is 94.2 Å². The van der Waals surface area contributed by atoms with E-state index in [9.17, 15) is 13.7 Å². The van der Waals surface area contributed by atoms with Crippen LogP contribution >= 0.6 is 0 Å². The van der Waals surface area contributed by atoms with E-state index in [0.717, 1.165) is 37.9 Å². The van der Waals surface area contributed by atoms with Gasteiger partial charge in [0.15, 0.2) is 9.84 Å². The van der Waals surface area contributed by atoms with Crippen LogP contribution in [0.15, 0.2) is 47.4 Å². The molecule has 3 rings (SSSR count). The van der Waals surface area contributed by atoms with Crippen molar-refractivity contribution in [3.8, 4) is 17.9 Å². The summed E-state index contributed by atoms with van der Waals surface area (Å²) in [5.41, 5.74) is 1.96. The summed E-state index contributed by atoms with van der Waals surface area (Å²) in [6.07, 6.45) is 1.99. The molecule has 0 saturated carbocycles. The van der Waals surface area contributed by atoms with Crippen molar-refractivity contribution >= 4 is 9.84 Å². The summed E-state index contributed by atoms with van der Waals surface area (Å²) < 4.78 is 29.4. The van der Waals surface area contributed by atoms with Gasteiger partial charge in [-0.15, -0.1) is 0 Å². The van der Waals surface area contributed by atoms with Crippen molar-refractivity contribution in [3.05, 3.63) is 59.2 Å². The number of likely N-dealkylation sites (tertiary alicyclic amines) is 1. The Hall–Kier alpha value is -2.87. The van der Waals surface area contributed by atoms with E-state index in [2.05, 4.69) is 17.9 Å². The number of nitriles is 2. The second-order valence-electron chi connectivity index (χ2n) is 7.91. The maximum Gasteiger partial charge on any atom is 0.176 e. The van der Waals surface area contributed by atoms with Crippen molar-refractivity contribution in [1.29, 1.82) is 10.5 Å². The molecule has 0 bridgehead atoms. The molecule has 2 aromatic rings. The largest absolute Gasteiger partial charge is 0.493 e. The van der Waals surface area contributed by atoms with Gasteiger partial charge in [-0.25, -0.2) is 8.42 Å². The summed E-state index contributed by atoms with van der Waals surface area (Å²) in [5, 5.41) is 18.3. The van der Waals surface area contributed by atoms with E-state index in [0.29, 0.717) is 29.8 Å². The van der Waals surface area contributed by atoms with Crippen LogP contribution in [0, 0.1) is 34.5 Å². The first-order valence-electron chi connectivity index (χ1n) is 9.88. The summed E-state index contributed by atoms with van der Waals surface area (Å²) in [7, 11) is -3.45. The minimum absolute atomic E-state index is 0.0261. The molecule has 7 heteroatoms. The normalized spacial score (nSPS) is 19.2. The highest BCUT2D eigenvalue weighted by atomic mass is 32.2. The number of sulfone groups is 1. The second-order valence-corrected chi connectivity index (χ2v) is 9.90. The van der Waals surface area contributed by atoms with Gasteiger partial charge in [0.2, 0.25) is 0 Å². The van der Waals surface area contributed by atoms with Crippen LogP contribution in [0.4, 0.5) is 0 Å². The van der Waals surface area contributed by atoms with Gasteiger partial charge < -0.3 is 9.64 Å². The zero-order chi connectivity index (χ0) is 21.7. The molecular weight excluding hydrogens is 398 g/mol. The Bertz CT molecular complexity index is 1100. The Morgan fingerprint density at radius 1 is 1.13 bits per heavy atom. The maximum atomic E-state index is 11.8. The standard InChI is InChI=1S/C23H25N3O3S/c1-17-14-26(9-8-18-4-3-5-19(10-18)12-24)15-21(17)16-29-22-6-7-23(30(2,27)28)20(11-22)13-25/h3-7,10-11,17,21H,8-9,14-16H2,1-2H3. The Balaban J connectivity index is 1.55. The van der Waals surface area contributed by atoms with Crippen LogP contribution in [0.1, 0.15) is 23.6 Å². The van der Waals surface area contributed by atoms with E-state index in [1.807, 2.05) is 30.3 Å². The zero-order valence-corrected chi connectivity index (χ0v) is 18.0. The molecule has 1 aliphatic rings. The molecule has 1 saturated heterocycles. The second kappa shape index (κ2) is 9.30. The molecule has 0 spiro atoms. The molecule has 1 heterocycles. The smallest absolute Gasteiger partial charge is 0.176 e. The van der Waals surface area contributed by atoms with Gasteiger partial charge in [-0.1, -0.05) is 19.1 Å². The van der Waals surface area contributed by atoms with E-state index in [1.165, 1.54) is 12.1 Å². The van der Waals surface area contributed by atoms with Crippen molar-refractivity contribution in [2.75, 3.05) is 32.5 Å². The minimum atomic E-state index is -3.45. The summed E-state index contributed by atoms with van der Waals surface area (Å²) >= 11 is 0. The summed E-state index contributed by atoms with van der Waals surface area (Å²) in [5.74, 6) is 1.34. The molecule has 2 unspecified atom stereocenters. The fraction of sp³-hybridized carbons (Fsp3) is 0.391. The van der Waals surface area contributed by atoms with Crippen LogP contribution in [-0.2, 0) is 16.3 Å². The van der Waals surface area contributed by atoms with Gasteiger partial charge in [0.05, 0.1) is 28.7 Å². The number of rotatable bonds is 7. The van der Waals surface area contributed by atoms with Gasteiger partial charge >= 0.3 is 0 Å². The van der Waals surface area contributed by atoms with Gasteiger partial charge in [-0.2, -0.15) is 10.5 Å². The lowest BCUT2D eigenvalue weighted by molar-refractivity contribution is 0.225. The first kappa shape index (κ1) is 21.8. The molecule has 0 aliphatic carbocycles. The number of benzene rings is 2. The maximum absolute atomic E-state index is 11.8. The molecule has 6 nitrogen and oxygen atoms in total. The highest BCUT2D eigenvalue weighted by Gasteiger charge is 2.29. The van der Waals surface area contributed by atoms with Crippen LogP contribution in [0.25, 0.3) is 0 Å². The van der Waals surface area contributed by atoms with Gasteiger partial charge in [0.1, 0.15) is 11.8 Å². The fourth-order valence-corrected chi connectivity index (χ4v) is 4.66. The van der Waals surface area contributed by atoms with Gasteiger partial charge in [0, 0.05) is 31.8 Å². The van der Waals surface area contributed by atoms with Gasteiger partial charge in [-0.05, 0) is 48.2 Å². The first-order valence-corrected chi connectivity index (χ1v) is 11.8. The predicted octanol–water partition coefficient (Wildman–Crippen LogP) is 3.02. The molecule has 0 aromatic heterocycles. The Kier molecular flexibility index (Phi) is 6.77. The number of nitrogens with zero attached hydrogens (tertiary/aromatic N) is 3. The summed E-state index contributed by atoms with van der Waals surface area (Å²) in [6.45, 7) is 5.56. The average molecular weight is 424 g/mol. The van der Waals surface area contributed by atoms with E-state index >= 15 is 0 Å². The molecule has 0 amide bonds. The third kappa shape index (κ3) is 5.38. The quantitative estimate of drug-likeness (QED) is 0.679. The minimum Gasteiger partial charge on any atom is -0.493 e. The van der Waals surface area contributed by atoms with Crippen LogP contribution in [0.2, 0.25) is 0 Å². The third-order valence-electron chi connectivity index (χ3n) is 5.55. The molecule has 1 aliphatic heterocycles. The van der Waals surface area contributed by atoms with Crippen molar-refractivity contribution < 1.29 is 13.2 Å². The van der Waals surface area contributed by atoms with Crippen LogP contribution in [0.5, 0.6) is 5.75 Å². The Labute approximate surface area is 178 Å². The lowest BCUT2D eigenvalue weighted by Gasteiger charge is -2.17. The molecular formula is C23H25N3O3S. The van der Waals surface area contributed by atoms with E-state index in [4.69, 9.17) is 10.00 Å². The molecule has 30 heavy (non-hydrogen) atoms. The van der Waals surface area contributed by atoms with E-state index < -0.39 is 9.84 Å². The SMILES string of the molecule is CC1CN(CCc2cccc(C#N)c2)CC1COc1ccc(S(C)(=O)=O)c(C#N)c1. The molecule has 156 valence electrons. The lowest BCUT2D eigenvalue weighted by atomic mass is 9.99. The molecule has 2 aromatic carbocycles. The molecule has 2 atom stereocenters. The van der Waals surface area contributed by atoms with Crippen molar-refractivity contribution in [2.24, 2.45) is 11.8 Å². The van der Waals surface area contributed by atoms with E-state index in [-0.39, 0.29) is 10.5 Å². The van der Waals surface area contributed by atoms with Gasteiger partial charge in [0.25, 0.3) is 0 Å². The predicted molar refractivity (Wildman–Crippen MR) is 114 cm³/mol. The molecule has 0 N–H and O–H groups in total. The monoisotopic (exact) mass is 423 g/mol. The lowest BCUT2D eigenvalue weighted by Crippen LogP contribution is -2.24. The fourth-order valence-electron chi connectivity index (χ4n) is 3.84. The molecule has 1 fully saturated rings. The highest BCUT2D eigenvalue weighted by molar-refractivity contribution is 7.90. The number of ether oxygens (including phenoxy) is 1. The number of hydrogen-bond acceptors (Lipinski definition) is 6. The highest BCUT2D eigenvalue weighted by Crippen LogP contribution is 2.26. The number of hydrogen-bond donors (Lipinski definition) is 0. The third-order valence-corrected chi connectivity index (χ3v) is 6.71. The van der Waals surface area contributed by atoms with Crippen molar-refractivity contribution in [2.45, 2.75) is 18.2 Å². The average Bonchev–Trinajstić information content (AvgIpc) is 3.09. The Morgan fingerprint density at radius 3 is 2.63 bits per heavy atom. The van der Waals surface area contributed by atoms with Crippen LogP contribution in [-0.4, -0.2) is 45.8 Å². The van der Waals surface area contributed by atoms with Crippen molar-refractivity contribution in [3.63, 3.8) is 0 Å². The first-order chi connectivity index (χ1) is 14.3. The van der Waals surface area contributed by atoms with Crippen LogP contribution in [0.3, 0.4) is 0 Å². The Morgan fingerprint density at radius 2 is 1.93 bits per heavy atom. The van der Waals surface area contributed by atoms with E-state index in [1.54, 1.807) is 6.07 Å². The van der Waals surface area contributed by atoms with Gasteiger partial charge in [-0.3, -0.25) is 0 Å². The molecule has 0 radical (unpaired) electrons. The van der Waals surface area contributed by atoms with Crippen LogP contribution < -0.4 is 4.74 Å². The summed E-state index contributed by atoms with van der Waals surface area (Å²) in [6, 6.07) is 16.4. The van der Waals surface area contributed by atoms with Crippen molar-refractivity contribution in [1.82, 2.24) is 4.90 Å². The summed E-state index contributed by atoms with van der Waals surface area (Å²) in [4.78, 5) is 2.43.